The first kappa shape index (κ1) is 21.0. The van der Waals surface area contributed by atoms with Crippen molar-refractivity contribution < 1.29 is 13.2 Å². The molecule has 0 heterocycles. The number of carbonyl (C=O) groups excluding carboxylic acids is 1. The number of nitrogens with one attached hydrogen (secondary N) is 1. The Balaban J connectivity index is 2.21. The molecule has 2 atom stereocenters. The molecule has 146 valence electrons. The summed E-state index contributed by atoms with van der Waals surface area (Å²) < 4.78 is 25.9. The zero-order valence-electron chi connectivity index (χ0n) is 16.6. The summed E-state index contributed by atoms with van der Waals surface area (Å²) in [5.41, 5.74) is 3.63. The third kappa shape index (κ3) is 5.32. The Bertz CT molecular complexity index is 892. The lowest BCUT2D eigenvalue weighted by molar-refractivity contribution is -0.122. The summed E-state index contributed by atoms with van der Waals surface area (Å²) in [6, 6.07) is 14.1. The molecule has 2 rings (SSSR count). The van der Waals surface area contributed by atoms with Gasteiger partial charge in [0.25, 0.3) is 0 Å². The van der Waals surface area contributed by atoms with Gasteiger partial charge in [-0.3, -0.25) is 9.10 Å². The highest BCUT2D eigenvalue weighted by atomic mass is 32.2. The standard InChI is InChI=1S/C21H28N2O3S/c1-6-18-10-12-19(13-11-18)16(3)22-21(24)17(4)23(27(5,25)26)20-9-7-8-15(2)14-20/h7-14,16-17H,6H2,1-5H3,(H,22,24)/t16-,17+/m0/s1. The van der Waals surface area contributed by atoms with Crippen LogP contribution in [0.15, 0.2) is 48.5 Å². The number of aryl methyl sites for hydroxylation is 2. The maximum Gasteiger partial charge on any atom is 0.244 e. The van der Waals surface area contributed by atoms with E-state index in [0.29, 0.717) is 5.69 Å². The third-order valence-electron chi connectivity index (χ3n) is 4.59. The predicted molar refractivity (Wildman–Crippen MR) is 110 cm³/mol. The molecule has 5 nitrogen and oxygen atoms in total. The quantitative estimate of drug-likeness (QED) is 0.788. The summed E-state index contributed by atoms with van der Waals surface area (Å²) in [6.45, 7) is 7.47. The number of benzene rings is 2. The second kappa shape index (κ2) is 8.57. The molecular formula is C21H28N2O3S. The smallest absolute Gasteiger partial charge is 0.244 e. The van der Waals surface area contributed by atoms with E-state index in [1.54, 1.807) is 25.1 Å². The molecule has 2 aromatic rings. The molecule has 0 radical (unpaired) electrons. The Hall–Kier alpha value is -2.34. The van der Waals surface area contributed by atoms with Gasteiger partial charge in [-0.1, -0.05) is 43.3 Å². The van der Waals surface area contributed by atoms with Crippen LogP contribution in [0.25, 0.3) is 0 Å². The zero-order valence-corrected chi connectivity index (χ0v) is 17.4. The number of anilines is 1. The molecule has 0 bridgehead atoms. The Morgan fingerprint density at radius 2 is 1.74 bits per heavy atom. The summed E-state index contributed by atoms with van der Waals surface area (Å²) in [4.78, 5) is 12.8. The van der Waals surface area contributed by atoms with Crippen molar-refractivity contribution in [3.8, 4) is 0 Å². The summed E-state index contributed by atoms with van der Waals surface area (Å²) >= 11 is 0. The molecule has 6 heteroatoms. The van der Waals surface area contributed by atoms with E-state index in [1.165, 1.54) is 9.87 Å². The predicted octanol–water partition coefficient (Wildman–Crippen LogP) is 3.59. The van der Waals surface area contributed by atoms with E-state index in [2.05, 4.69) is 12.2 Å². The first-order valence-electron chi connectivity index (χ1n) is 9.08. The van der Waals surface area contributed by atoms with Gasteiger partial charge >= 0.3 is 0 Å². The van der Waals surface area contributed by atoms with Gasteiger partial charge in [-0.05, 0) is 56.0 Å². The van der Waals surface area contributed by atoms with Crippen molar-refractivity contribution in [1.29, 1.82) is 0 Å². The van der Waals surface area contributed by atoms with Crippen LogP contribution in [0.5, 0.6) is 0 Å². The molecule has 0 fully saturated rings. The van der Waals surface area contributed by atoms with Crippen LogP contribution in [-0.4, -0.2) is 26.6 Å². The van der Waals surface area contributed by atoms with E-state index in [0.717, 1.165) is 23.8 Å². The first-order valence-corrected chi connectivity index (χ1v) is 10.9. The molecule has 0 aliphatic heterocycles. The van der Waals surface area contributed by atoms with Crippen molar-refractivity contribution >= 4 is 21.6 Å². The van der Waals surface area contributed by atoms with Crippen molar-refractivity contribution in [1.82, 2.24) is 5.32 Å². The van der Waals surface area contributed by atoms with Gasteiger partial charge in [0.15, 0.2) is 0 Å². The molecule has 0 aromatic heterocycles. The normalized spacial score (nSPS) is 13.7. The molecule has 0 aliphatic rings. The van der Waals surface area contributed by atoms with Gasteiger partial charge in [0.2, 0.25) is 15.9 Å². The molecule has 0 aliphatic carbocycles. The van der Waals surface area contributed by atoms with E-state index in [4.69, 9.17) is 0 Å². The summed E-state index contributed by atoms with van der Waals surface area (Å²) in [5.74, 6) is -0.339. The van der Waals surface area contributed by atoms with Gasteiger partial charge in [0.05, 0.1) is 18.0 Å². The monoisotopic (exact) mass is 388 g/mol. The number of hydrogen-bond acceptors (Lipinski definition) is 3. The number of amides is 1. The lowest BCUT2D eigenvalue weighted by Gasteiger charge is -2.29. The highest BCUT2D eigenvalue weighted by molar-refractivity contribution is 7.92. The number of carbonyl (C=O) groups is 1. The van der Waals surface area contributed by atoms with Gasteiger partial charge in [-0.25, -0.2) is 8.42 Å². The van der Waals surface area contributed by atoms with E-state index >= 15 is 0 Å². The van der Waals surface area contributed by atoms with Gasteiger partial charge in [-0.2, -0.15) is 0 Å². The maximum absolute atomic E-state index is 12.8. The zero-order chi connectivity index (χ0) is 20.2. The lowest BCUT2D eigenvalue weighted by Crippen LogP contribution is -2.48. The van der Waals surface area contributed by atoms with Gasteiger partial charge in [0, 0.05) is 0 Å². The number of nitrogens with zero attached hydrogens (tertiary/aromatic N) is 1. The minimum Gasteiger partial charge on any atom is -0.348 e. The van der Waals surface area contributed by atoms with Crippen LogP contribution in [0.2, 0.25) is 0 Å². The molecule has 1 amide bonds. The van der Waals surface area contributed by atoms with Gasteiger partial charge in [-0.15, -0.1) is 0 Å². The fourth-order valence-corrected chi connectivity index (χ4v) is 4.20. The summed E-state index contributed by atoms with van der Waals surface area (Å²) in [5, 5.41) is 2.93. The van der Waals surface area contributed by atoms with E-state index in [1.807, 2.05) is 44.2 Å². The van der Waals surface area contributed by atoms with Crippen LogP contribution in [0.1, 0.15) is 43.5 Å². The Labute approximate surface area is 162 Å². The average molecular weight is 389 g/mol. The molecule has 0 spiro atoms. The number of rotatable bonds is 7. The van der Waals surface area contributed by atoms with Crippen LogP contribution in [0.3, 0.4) is 0 Å². The minimum absolute atomic E-state index is 0.218. The van der Waals surface area contributed by atoms with Crippen LogP contribution in [0, 0.1) is 6.92 Å². The topological polar surface area (TPSA) is 66.5 Å². The third-order valence-corrected chi connectivity index (χ3v) is 5.83. The molecule has 0 unspecified atom stereocenters. The summed E-state index contributed by atoms with van der Waals surface area (Å²) in [6.07, 6.45) is 2.07. The van der Waals surface area contributed by atoms with Crippen LogP contribution in [-0.2, 0) is 21.2 Å². The highest BCUT2D eigenvalue weighted by Gasteiger charge is 2.29. The maximum atomic E-state index is 12.8. The average Bonchev–Trinajstić information content (AvgIpc) is 2.60. The van der Waals surface area contributed by atoms with Gasteiger partial charge in [0.1, 0.15) is 6.04 Å². The highest BCUT2D eigenvalue weighted by Crippen LogP contribution is 2.22. The molecule has 1 N–H and O–H groups in total. The van der Waals surface area contributed by atoms with Crippen molar-refractivity contribution in [3.63, 3.8) is 0 Å². The Morgan fingerprint density at radius 3 is 2.26 bits per heavy atom. The van der Waals surface area contributed by atoms with Crippen LogP contribution in [0.4, 0.5) is 5.69 Å². The largest absolute Gasteiger partial charge is 0.348 e. The molecule has 0 saturated heterocycles. The van der Waals surface area contributed by atoms with Crippen LogP contribution < -0.4 is 9.62 Å². The van der Waals surface area contributed by atoms with Crippen molar-refractivity contribution in [2.45, 2.75) is 46.2 Å². The van der Waals surface area contributed by atoms with Crippen molar-refractivity contribution in [3.05, 3.63) is 65.2 Å². The van der Waals surface area contributed by atoms with Crippen LogP contribution >= 0.6 is 0 Å². The molecular weight excluding hydrogens is 360 g/mol. The van der Waals surface area contributed by atoms with Gasteiger partial charge < -0.3 is 5.32 Å². The molecule has 27 heavy (non-hydrogen) atoms. The van der Waals surface area contributed by atoms with E-state index < -0.39 is 16.1 Å². The van der Waals surface area contributed by atoms with Crippen molar-refractivity contribution in [2.24, 2.45) is 0 Å². The van der Waals surface area contributed by atoms with Crippen molar-refractivity contribution in [2.75, 3.05) is 10.6 Å². The summed E-state index contributed by atoms with van der Waals surface area (Å²) in [7, 11) is -3.62. The second-order valence-corrected chi connectivity index (χ2v) is 8.76. The molecule has 0 saturated carbocycles. The Morgan fingerprint density at radius 1 is 1.11 bits per heavy atom. The van der Waals surface area contributed by atoms with E-state index in [-0.39, 0.29) is 11.9 Å². The molecule has 2 aromatic carbocycles. The second-order valence-electron chi connectivity index (χ2n) is 6.90. The van der Waals surface area contributed by atoms with E-state index in [9.17, 15) is 13.2 Å². The fourth-order valence-electron chi connectivity index (χ4n) is 3.03. The number of hydrogen-bond donors (Lipinski definition) is 1. The SMILES string of the molecule is CCc1ccc([C@H](C)NC(=O)[C@@H](C)N(c2cccc(C)c2)S(C)(=O)=O)cc1. The number of sulfonamides is 1. The minimum atomic E-state index is -3.62. The Kier molecular flexibility index (Phi) is 6.65. The fraction of sp³-hybridized carbons (Fsp3) is 0.381. The first-order chi connectivity index (χ1) is 12.6. The lowest BCUT2D eigenvalue weighted by atomic mass is 10.0.